The second kappa shape index (κ2) is 39.5. The summed E-state index contributed by atoms with van der Waals surface area (Å²) in [7, 11) is -19.8. The first-order valence-electron chi connectivity index (χ1n) is 46.2. The maximum Gasteiger partial charge on any atom is 0.175 e. The molecule has 15 aromatic rings. The number of rotatable bonds is 4. The monoisotopic (exact) mass is 2030 g/mol. The van der Waals surface area contributed by atoms with Crippen molar-refractivity contribution >= 4 is 215 Å². The fraction of sp³-hybridized carbons (Fsp3) is 0.157. The van der Waals surface area contributed by atoms with Crippen molar-refractivity contribution in [1.29, 1.82) is 0 Å². The van der Waals surface area contributed by atoms with Gasteiger partial charge in [0, 0.05) is 102 Å². The van der Waals surface area contributed by atoms with E-state index in [1.54, 1.807) is 129 Å². The van der Waals surface area contributed by atoms with Gasteiger partial charge in [-0.15, -0.1) is 0 Å². The summed E-state index contributed by atoms with van der Waals surface area (Å²) in [6.45, 7) is 42.5. The third-order valence-electron chi connectivity index (χ3n) is 26.4. The van der Waals surface area contributed by atoms with Crippen LogP contribution in [0, 0.1) is 0 Å². The summed E-state index contributed by atoms with van der Waals surface area (Å²) in [5.74, 6) is 0.822. The fourth-order valence-corrected chi connectivity index (χ4v) is 39.1. The zero-order valence-corrected chi connectivity index (χ0v) is 86.0. The summed E-state index contributed by atoms with van der Waals surface area (Å²) in [4.78, 5) is 31.9. The summed E-state index contributed by atoms with van der Waals surface area (Å²) >= 11 is 0. The lowest BCUT2D eigenvalue weighted by atomic mass is 10.0. The number of phenolic OH excluding ortho intramolecular Hbond substituents is 7. The molecule has 1 aliphatic carbocycles. The van der Waals surface area contributed by atoms with Crippen LogP contribution < -0.4 is 154 Å². The summed E-state index contributed by atoms with van der Waals surface area (Å²) in [5, 5.41) is 88.9. The third kappa shape index (κ3) is 19.2. The smallest absolute Gasteiger partial charge is 0.175 e. The minimum absolute atomic E-state index is 0. The highest BCUT2D eigenvalue weighted by atomic mass is 31.2. The van der Waals surface area contributed by atoms with Gasteiger partial charge in [-0.3, -0.25) is 0 Å². The van der Waals surface area contributed by atoms with Crippen molar-refractivity contribution in [2.24, 2.45) is 34.9 Å². The highest BCUT2D eigenvalue weighted by Gasteiger charge is 2.47. The van der Waals surface area contributed by atoms with E-state index in [9.17, 15) is 67.7 Å². The first-order chi connectivity index (χ1) is 67.3. The molecule has 1 saturated carbocycles. The van der Waals surface area contributed by atoms with Gasteiger partial charge < -0.3 is 67.7 Å². The zero-order valence-electron chi connectivity index (χ0n) is 79.7. The maximum atomic E-state index is 14.3. The lowest BCUT2D eigenvalue weighted by Gasteiger charge is -2.34. The molecule has 0 aromatic heterocycles. The van der Waals surface area contributed by atoms with E-state index < -0.39 is 55.1 Å². The molecule has 1 fully saturated rings. The Morgan fingerprint density at radius 2 is 0.580 bits per heavy atom. The van der Waals surface area contributed by atoms with Crippen molar-refractivity contribution in [1.82, 2.24) is 0 Å². The van der Waals surface area contributed by atoms with Gasteiger partial charge in [0.1, 0.15) is 68.8 Å². The molecule has 28 heteroatoms. The molecule has 7 heterocycles. The summed E-state index contributed by atoms with van der Waals surface area (Å²) in [5.41, 5.74) is 4.85. The van der Waals surface area contributed by atoms with Crippen molar-refractivity contribution in [3.05, 3.63) is 359 Å². The van der Waals surface area contributed by atoms with Crippen LogP contribution in [0.3, 0.4) is 0 Å². The molecule has 8 aliphatic rings. The second-order valence-electron chi connectivity index (χ2n) is 37.6. The number of phenols is 7. The lowest BCUT2D eigenvalue weighted by molar-refractivity contribution is 0.474. The number of fused-ring (bicyclic) bond motifs is 14. The first kappa shape index (κ1) is 102. The van der Waals surface area contributed by atoms with Crippen LogP contribution in [-0.4, -0.2) is 71.7 Å². The van der Waals surface area contributed by atoms with Crippen LogP contribution in [-0.2, 0) is 32.0 Å². The summed E-state index contributed by atoms with van der Waals surface area (Å²) < 4.78 is 95.5. The van der Waals surface area contributed by atoms with E-state index in [1.807, 2.05) is 199 Å². The van der Waals surface area contributed by atoms with E-state index in [0.717, 1.165) is 132 Å². The first-order valence-corrected chi connectivity index (χ1v) is 59.3. The number of benzene rings is 15. The Bertz CT molecular complexity index is 9000. The molecule has 7 aliphatic heterocycles. The van der Waals surface area contributed by atoms with Gasteiger partial charge in [0.25, 0.3) is 0 Å². The number of aromatic hydroxyl groups is 7. The van der Waals surface area contributed by atoms with Crippen molar-refractivity contribution < 1.29 is 67.7 Å². The van der Waals surface area contributed by atoms with E-state index in [-0.39, 0.29) is 59.0 Å². The Hall–Kier alpha value is -13.8. The average Bonchev–Trinajstić information content (AvgIpc) is 0.761. The Morgan fingerprint density at radius 3 is 0.979 bits per heavy atom. The molecule has 21 nitrogen and oxygen atoms in total. The van der Waals surface area contributed by atoms with Crippen LogP contribution in [0.25, 0.3) is 46.1 Å². The van der Waals surface area contributed by atoms with Crippen LogP contribution in [0.15, 0.2) is 320 Å². The topological polar surface area (TPSA) is 348 Å². The molecular formula is C115H110N7O14P7. The molecule has 724 valence electrons. The minimum Gasteiger partial charge on any atom is -0.508 e. The zero-order chi connectivity index (χ0) is 101. The predicted molar refractivity (Wildman–Crippen MR) is 589 cm³/mol. The normalized spacial score (nSPS) is 20.5. The molecule has 143 heavy (non-hydrogen) atoms. The van der Waals surface area contributed by atoms with Crippen LogP contribution in [0.5, 0.6) is 40.2 Å². The largest absolute Gasteiger partial charge is 0.508 e. The Morgan fingerprint density at radius 1 is 0.301 bits per heavy atom. The van der Waals surface area contributed by atoms with E-state index >= 15 is 0 Å². The number of hydrogen-bond acceptors (Lipinski definition) is 21. The highest BCUT2D eigenvalue weighted by Crippen LogP contribution is 2.60. The number of hydrogen-bond donors (Lipinski definition) is 7. The van der Waals surface area contributed by atoms with Crippen molar-refractivity contribution in [3.8, 4) is 40.2 Å². The second-order valence-corrected chi connectivity index (χ2v) is 58.8. The molecule has 0 saturated heterocycles. The van der Waals surface area contributed by atoms with Crippen LogP contribution in [0.2, 0.25) is 0 Å². The minimum atomic E-state index is -3.09. The summed E-state index contributed by atoms with van der Waals surface area (Å²) in [6, 6.07) is 82.6. The van der Waals surface area contributed by atoms with Crippen molar-refractivity contribution in [2.45, 2.75) is 97.5 Å². The molecular weight excluding hydrogens is 1920 g/mol. The van der Waals surface area contributed by atoms with E-state index in [2.05, 4.69) is 81.0 Å². The van der Waals surface area contributed by atoms with Gasteiger partial charge >= 0.3 is 0 Å². The van der Waals surface area contributed by atoms with E-state index in [0.29, 0.717) is 93.4 Å². The lowest BCUT2D eigenvalue weighted by Crippen LogP contribution is -2.42. The maximum absolute atomic E-state index is 14.3. The van der Waals surface area contributed by atoms with Gasteiger partial charge in [-0.2, -0.15) is 0 Å². The van der Waals surface area contributed by atoms with Crippen molar-refractivity contribution in [2.75, 3.05) is 19.5 Å². The van der Waals surface area contributed by atoms with E-state index in [4.69, 9.17) is 0 Å². The molecule has 7 N–H and O–H groups in total. The fourth-order valence-electron chi connectivity index (χ4n) is 19.1. The average molecular weight is 2030 g/mol. The molecule has 15 aromatic carbocycles. The van der Waals surface area contributed by atoms with Crippen LogP contribution in [0.1, 0.15) is 81.1 Å². The molecule has 7 unspecified atom stereocenters. The predicted octanol–water partition coefficient (Wildman–Crippen LogP) is 12.4. The van der Waals surface area contributed by atoms with Gasteiger partial charge in [0.15, 0.2) is 21.4 Å². The Labute approximate surface area is 828 Å². The van der Waals surface area contributed by atoms with Gasteiger partial charge in [0.2, 0.25) is 0 Å². The third-order valence-corrected chi connectivity index (χ3v) is 49.0. The summed E-state index contributed by atoms with van der Waals surface area (Å²) in [6.07, 6.45) is 5.94. The highest BCUT2D eigenvalue weighted by molar-refractivity contribution is 7.86. The Balaban J connectivity index is 0.000000120. The molecule has 23 rings (SSSR count). The van der Waals surface area contributed by atoms with Gasteiger partial charge in [-0.05, 0) is 275 Å². The molecule has 0 radical (unpaired) electrons. The van der Waals surface area contributed by atoms with Gasteiger partial charge in [-0.25, -0.2) is 34.9 Å². The Kier molecular flexibility index (Phi) is 28.2. The molecule has 0 bridgehead atoms. The van der Waals surface area contributed by atoms with Gasteiger partial charge in [-0.1, -0.05) is 187 Å². The molecule has 0 amide bonds. The molecule has 7 atom stereocenters. The SMILES string of the molecule is C.C=c1ccc2c(c1)P(=O)(C(C)(C)C)c1cc(O)ccc1N=2.C=c1ccc2c(c1)P(=O)(C(C)C)c1cc(O)ccc1N=2.C=c1ccc2c(c1)P(=O)(C1CCCCC1)c1cc(O)ccc1N=2.C=c1ccc2c(c1)P(=O)(CC)c1cc(O)ccc1N=2.C=c1ccc2c(c1)P(=O)(c1ccccc1)c1cc(O)ccc1N=2.C=c1ccc2c(c1)P(C)(=O)c1cc(O)ccc1N=2.C=c1ccc2c(c1)P(C)(=O)c1cc(O)ccc1N=2. The van der Waals surface area contributed by atoms with Crippen molar-refractivity contribution in [3.63, 3.8) is 0 Å². The quantitative estimate of drug-likeness (QED) is 0.0806. The van der Waals surface area contributed by atoms with E-state index in [1.165, 1.54) is 18.6 Å². The van der Waals surface area contributed by atoms with Crippen LogP contribution >= 0.6 is 50.0 Å². The van der Waals surface area contributed by atoms with Crippen LogP contribution in [0.4, 0.5) is 39.8 Å². The molecule has 0 spiro atoms. The van der Waals surface area contributed by atoms with Gasteiger partial charge in [0.05, 0.1) is 77.3 Å². The number of nitrogens with zero attached hydrogens (tertiary/aromatic N) is 7. The standard InChI is InChI=1S/C19H20NO2P.C19H14NO2P.C17H18NO2P.C16H16NO2P.C15H14NO2P.2C14H12NO2P.CH4/c2*1-13-7-9-16-18(11-13)23(22,15-5-3-2-4-6-15)19-12-14(21)8-10-17(19)20-16;1-11-5-7-13-15(9-11)21(20,17(2,3)4)16-10-12(19)6-8-14(16)18-13;1-10(2)20(19)15-8-11(3)4-6-13(15)17-14-7-5-12(18)9-16(14)20;1-3-19(18)14-8-10(2)4-6-12(14)16-13-7-5-11(17)9-15(13)19;2*1-9-3-5-11-13(7-9)18(2,17)14-8-10(16)4-6-12(14)15-11;/h7-12,15,21H,1-6H2;2-12,21H,1H2;5-10,19H,1H2,2-4H3;4-10,18H,3H2,1-2H3;4-9,17H,2-3H2,1H3;2*3-8,16H,1H2,2H3;1H4.